The van der Waals surface area contributed by atoms with E-state index in [0.29, 0.717) is 5.41 Å². The van der Waals surface area contributed by atoms with E-state index in [1.807, 2.05) is 11.8 Å². The van der Waals surface area contributed by atoms with Gasteiger partial charge in [0.05, 0.1) is 0 Å². The van der Waals surface area contributed by atoms with Crippen molar-refractivity contribution in [3.05, 3.63) is 12.2 Å². The van der Waals surface area contributed by atoms with Crippen LogP contribution in [0.25, 0.3) is 0 Å². The molecule has 0 amide bonds. The van der Waals surface area contributed by atoms with Crippen molar-refractivity contribution in [2.75, 3.05) is 11.5 Å². The second-order valence-electron chi connectivity index (χ2n) is 2.83. The number of hydrogen-bond acceptors (Lipinski definition) is 1. The van der Waals surface area contributed by atoms with E-state index in [1.165, 1.54) is 17.1 Å². The Labute approximate surface area is 55.4 Å². The van der Waals surface area contributed by atoms with Crippen molar-refractivity contribution in [2.24, 2.45) is 5.41 Å². The maximum atomic E-state index is 3.94. The number of thioether (sulfide) groups is 1. The van der Waals surface area contributed by atoms with Crippen LogP contribution in [0, 0.1) is 5.41 Å². The highest BCUT2D eigenvalue weighted by Crippen LogP contribution is 2.42. The maximum absolute atomic E-state index is 3.94. The molecule has 0 atom stereocenters. The van der Waals surface area contributed by atoms with Gasteiger partial charge in [-0.15, -0.1) is 0 Å². The molecule has 0 radical (unpaired) electrons. The summed E-state index contributed by atoms with van der Waals surface area (Å²) in [7, 11) is 0. The smallest absolute Gasteiger partial charge is 0.00592 e. The summed E-state index contributed by atoms with van der Waals surface area (Å²) in [4.78, 5) is 0. The molecule has 0 N–H and O–H groups in total. The van der Waals surface area contributed by atoms with Crippen LogP contribution in [-0.4, -0.2) is 11.5 Å². The van der Waals surface area contributed by atoms with Crippen LogP contribution in [0.3, 0.4) is 0 Å². The van der Waals surface area contributed by atoms with Gasteiger partial charge in [-0.3, -0.25) is 0 Å². The molecular formula is C7H12S. The van der Waals surface area contributed by atoms with Crippen LogP contribution in [0.4, 0.5) is 0 Å². The summed E-state index contributed by atoms with van der Waals surface area (Å²) >= 11 is 2.01. The molecule has 0 unspecified atom stereocenters. The Balaban J connectivity index is 2.53. The molecule has 46 valence electrons. The Morgan fingerprint density at radius 2 is 2.12 bits per heavy atom. The summed E-state index contributed by atoms with van der Waals surface area (Å²) in [5, 5.41) is 0. The van der Waals surface area contributed by atoms with Gasteiger partial charge >= 0.3 is 0 Å². The van der Waals surface area contributed by atoms with E-state index in [2.05, 4.69) is 20.4 Å². The quantitative estimate of drug-likeness (QED) is 0.488. The van der Waals surface area contributed by atoms with Gasteiger partial charge in [-0.1, -0.05) is 19.1 Å². The van der Waals surface area contributed by atoms with Crippen LogP contribution in [0.2, 0.25) is 0 Å². The minimum Gasteiger partial charge on any atom is -0.160 e. The third-order valence-corrected chi connectivity index (χ3v) is 3.55. The largest absolute Gasteiger partial charge is 0.160 e. The Morgan fingerprint density at radius 3 is 2.12 bits per heavy atom. The van der Waals surface area contributed by atoms with Gasteiger partial charge in [0, 0.05) is 16.9 Å². The molecule has 0 saturated carbocycles. The molecule has 1 saturated heterocycles. The zero-order valence-corrected chi connectivity index (χ0v) is 6.35. The minimum absolute atomic E-state index is 0.491. The summed E-state index contributed by atoms with van der Waals surface area (Å²) in [6.07, 6.45) is 0. The normalized spacial score (nSPS) is 24.2. The molecule has 0 aliphatic carbocycles. The SMILES string of the molecule is C=C(C)C1(C)CSC1. The summed E-state index contributed by atoms with van der Waals surface area (Å²) in [6.45, 7) is 8.34. The first-order chi connectivity index (χ1) is 3.65. The molecule has 1 aliphatic rings. The molecule has 0 bridgehead atoms. The van der Waals surface area contributed by atoms with Gasteiger partial charge in [-0.05, 0) is 6.92 Å². The average molecular weight is 128 g/mol. The van der Waals surface area contributed by atoms with Crippen LogP contribution in [0.1, 0.15) is 13.8 Å². The molecule has 0 aromatic heterocycles. The maximum Gasteiger partial charge on any atom is 0.00592 e. The van der Waals surface area contributed by atoms with Gasteiger partial charge in [0.15, 0.2) is 0 Å². The second-order valence-corrected chi connectivity index (χ2v) is 3.82. The monoisotopic (exact) mass is 128 g/mol. The van der Waals surface area contributed by atoms with E-state index in [9.17, 15) is 0 Å². The van der Waals surface area contributed by atoms with E-state index < -0.39 is 0 Å². The van der Waals surface area contributed by atoms with Crippen molar-refractivity contribution in [3.63, 3.8) is 0 Å². The third-order valence-electron chi connectivity index (χ3n) is 1.87. The highest BCUT2D eigenvalue weighted by molar-refractivity contribution is 8.00. The molecule has 0 nitrogen and oxygen atoms in total. The predicted octanol–water partition coefficient (Wildman–Crippen LogP) is 2.32. The lowest BCUT2D eigenvalue weighted by molar-refractivity contribution is 0.498. The Morgan fingerprint density at radius 1 is 1.62 bits per heavy atom. The van der Waals surface area contributed by atoms with E-state index in [4.69, 9.17) is 0 Å². The van der Waals surface area contributed by atoms with Gasteiger partial charge in [0.1, 0.15) is 0 Å². The third kappa shape index (κ3) is 0.795. The summed E-state index contributed by atoms with van der Waals surface area (Å²) in [5.74, 6) is 2.56. The average Bonchev–Trinajstić information content (AvgIpc) is 1.60. The molecule has 0 aromatic rings. The van der Waals surface area contributed by atoms with Gasteiger partial charge in [0.2, 0.25) is 0 Å². The Hall–Kier alpha value is 0.0900. The lowest BCUT2D eigenvalue weighted by atomic mass is 9.87. The molecule has 1 fully saturated rings. The van der Waals surface area contributed by atoms with Gasteiger partial charge in [0.25, 0.3) is 0 Å². The van der Waals surface area contributed by atoms with Gasteiger partial charge in [-0.25, -0.2) is 0 Å². The van der Waals surface area contributed by atoms with Gasteiger partial charge < -0.3 is 0 Å². The van der Waals surface area contributed by atoms with E-state index in [0.717, 1.165) is 0 Å². The minimum atomic E-state index is 0.491. The van der Waals surface area contributed by atoms with Crippen molar-refractivity contribution < 1.29 is 0 Å². The number of hydrogen-bond donors (Lipinski definition) is 0. The molecule has 1 rings (SSSR count). The lowest BCUT2D eigenvalue weighted by Crippen LogP contribution is -2.32. The summed E-state index contributed by atoms with van der Waals surface area (Å²) < 4.78 is 0. The zero-order chi connectivity index (χ0) is 6.20. The van der Waals surface area contributed by atoms with Crippen LogP contribution < -0.4 is 0 Å². The molecule has 1 aliphatic heterocycles. The fourth-order valence-corrected chi connectivity index (χ4v) is 1.96. The Kier molecular flexibility index (Phi) is 1.40. The molecule has 0 spiro atoms. The van der Waals surface area contributed by atoms with Crippen molar-refractivity contribution >= 4 is 11.8 Å². The van der Waals surface area contributed by atoms with E-state index in [1.54, 1.807) is 0 Å². The molecule has 0 aromatic carbocycles. The number of rotatable bonds is 1. The fourth-order valence-electron chi connectivity index (χ4n) is 0.655. The van der Waals surface area contributed by atoms with Crippen molar-refractivity contribution in [3.8, 4) is 0 Å². The first-order valence-corrected chi connectivity index (χ1v) is 4.04. The predicted molar refractivity (Wildman–Crippen MR) is 40.2 cm³/mol. The van der Waals surface area contributed by atoms with Crippen LogP contribution >= 0.6 is 11.8 Å². The first-order valence-electron chi connectivity index (χ1n) is 2.89. The molecule has 8 heavy (non-hydrogen) atoms. The summed E-state index contributed by atoms with van der Waals surface area (Å²) in [6, 6.07) is 0. The summed E-state index contributed by atoms with van der Waals surface area (Å²) in [5.41, 5.74) is 1.83. The molecule has 1 heteroatoms. The first kappa shape index (κ1) is 6.21. The van der Waals surface area contributed by atoms with Crippen LogP contribution in [0.15, 0.2) is 12.2 Å². The second kappa shape index (κ2) is 1.80. The van der Waals surface area contributed by atoms with Crippen molar-refractivity contribution in [1.29, 1.82) is 0 Å². The van der Waals surface area contributed by atoms with Crippen molar-refractivity contribution in [2.45, 2.75) is 13.8 Å². The van der Waals surface area contributed by atoms with Crippen LogP contribution in [-0.2, 0) is 0 Å². The van der Waals surface area contributed by atoms with E-state index >= 15 is 0 Å². The fraction of sp³-hybridized carbons (Fsp3) is 0.714. The highest BCUT2D eigenvalue weighted by atomic mass is 32.2. The number of allylic oxidation sites excluding steroid dienone is 1. The standard InChI is InChI=1S/C7H12S/c1-6(2)7(3)4-8-5-7/h1,4-5H2,2-3H3. The molecular weight excluding hydrogens is 116 g/mol. The highest BCUT2D eigenvalue weighted by Gasteiger charge is 2.32. The molecule has 1 heterocycles. The van der Waals surface area contributed by atoms with Gasteiger partial charge in [-0.2, -0.15) is 11.8 Å². The van der Waals surface area contributed by atoms with Crippen molar-refractivity contribution in [1.82, 2.24) is 0 Å². The topological polar surface area (TPSA) is 0 Å². The Bertz CT molecular complexity index is 112. The lowest BCUT2D eigenvalue weighted by Gasteiger charge is -2.38. The zero-order valence-electron chi connectivity index (χ0n) is 5.53. The van der Waals surface area contributed by atoms with Crippen LogP contribution in [0.5, 0.6) is 0 Å². The van der Waals surface area contributed by atoms with E-state index in [-0.39, 0.29) is 0 Å².